The number of hydrogen-bond donors (Lipinski definition) is 1. The highest BCUT2D eigenvalue weighted by Gasteiger charge is 2.13. The molecule has 0 radical (unpaired) electrons. The highest BCUT2D eigenvalue weighted by molar-refractivity contribution is 5.86. The van der Waals surface area contributed by atoms with Gasteiger partial charge in [-0.3, -0.25) is 0 Å². The summed E-state index contributed by atoms with van der Waals surface area (Å²) in [4.78, 5) is 0. The molecule has 116 valence electrons. The SMILES string of the molecule is CCCNCc1c(C)n(C)c2ccc(O[C@H](C)CC)cc12. The molecule has 0 bridgehead atoms. The lowest BCUT2D eigenvalue weighted by atomic mass is 10.1. The molecule has 1 atom stereocenters. The molecule has 3 heteroatoms. The van der Waals surface area contributed by atoms with Crippen molar-refractivity contribution in [2.24, 2.45) is 7.05 Å². The summed E-state index contributed by atoms with van der Waals surface area (Å²) in [6.07, 6.45) is 2.44. The van der Waals surface area contributed by atoms with Gasteiger partial charge in [0, 0.05) is 30.2 Å². The molecule has 0 aliphatic rings. The van der Waals surface area contributed by atoms with Crippen molar-refractivity contribution in [2.75, 3.05) is 6.54 Å². The van der Waals surface area contributed by atoms with Crippen LogP contribution in [-0.2, 0) is 13.6 Å². The van der Waals surface area contributed by atoms with Gasteiger partial charge < -0.3 is 14.6 Å². The van der Waals surface area contributed by atoms with Crippen molar-refractivity contribution in [3.63, 3.8) is 0 Å². The molecule has 0 amide bonds. The zero-order chi connectivity index (χ0) is 15.4. The topological polar surface area (TPSA) is 26.2 Å². The second kappa shape index (κ2) is 6.99. The largest absolute Gasteiger partial charge is 0.491 e. The number of ether oxygens (including phenoxy) is 1. The fraction of sp³-hybridized carbons (Fsp3) is 0.556. The van der Waals surface area contributed by atoms with E-state index in [4.69, 9.17) is 4.74 Å². The van der Waals surface area contributed by atoms with E-state index < -0.39 is 0 Å². The normalized spacial score (nSPS) is 12.8. The summed E-state index contributed by atoms with van der Waals surface area (Å²) in [6.45, 7) is 10.6. The van der Waals surface area contributed by atoms with Crippen molar-refractivity contribution >= 4 is 10.9 Å². The fourth-order valence-electron chi connectivity index (χ4n) is 2.63. The summed E-state index contributed by atoms with van der Waals surface area (Å²) < 4.78 is 8.24. The van der Waals surface area contributed by atoms with E-state index >= 15 is 0 Å². The molecule has 1 heterocycles. The van der Waals surface area contributed by atoms with E-state index in [9.17, 15) is 0 Å². The van der Waals surface area contributed by atoms with Crippen LogP contribution in [0.25, 0.3) is 10.9 Å². The minimum Gasteiger partial charge on any atom is -0.491 e. The molecule has 1 aromatic heterocycles. The van der Waals surface area contributed by atoms with E-state index in [1.807, 2.05) is 0 Å². The predicted octanol–water partition coefficient (Wildman–Crippen LogP) is 4.16. The molecule has 2 aromatic rings. The van der Waals surface area contributed by atoms with E-state index in [1.54, 1.807) is 0 Å². The molecule has 0 aliphatic heterocycles. The number of benzene rings is 1. The average molecular weight is 288 g/mol. The number of fused-ring (bicyclic) bond motifs is 1. The van der Waals surface area contributed by atoms with Crippen LogP contribution in [0.15, 0.2) is 18.2 Å². The average Bonchev–Trinajstić information content (AvgIpc) is 2.72. The molecule has 0 saturated heterocycles. The zero-order valence-electron chi connectivity index (χ0n) is 14.0. The molecule has 0 spiro atoms. The fourth-order valence-corrected chi connectivity index (χ4v) is 2.63. The first kappa shape index (κ1) is 15.9. The summed E-state index contributed by atoms with van der Waals surface area (Å²) >= 11 is 0. The molecule has 0 saturated carbocycles. The number of nitrogens with zero attached hydrogens (tertiary/aromatic N) is 1. The molecular weight excluding hydrogens is 260 g/mol. The highest BCUT2D eigenvalue weighted by atomic mass is 16.5. The number of hydrogen-bond acceptors (Lipinski definition) is 2. The Balaban J connectivity index is 2.36. The number of rotatable bonds is 7. The van der Waals surface area contributed by atoms with Gasteiger partial charge in [-0.2, -0.15) is 0 Å². The Morgan fingerprint density at radius 2 is 2.05 bits per heavy atom. The maximum absolute atomic E-state index is 5.97. The maximum atomic E-state index is 5.97. The van der Waals surface area contributed by atoms with E-state index in [0.29, 0.717) is 0 Å². The lowest BCUT2D eigenvalue weighted by Gasteiger charge is -2.12. The molecule has 0 unspecified atom stereocenters. The Labute approximate surface area is 128 Å². The van der Waals surface area contributed by atoms with Crippen LogP contribution in [0, 0.1) is 6.92 Å². The molecule has 0 aliphatic carbocycles. The van der Waals surface area contributed by atoms with Gasteiger partial charge in [-0.1, -0.05) is 13.8 Å². The number of aryl methyl sites for hydroxylation is 1. The first-order valence-corrected chi connectivity index (χ1v) is 8.03. The van der Waals surface area contributed by atoms with Crippen LogP contribution in [0.1, 0.15) is 44.9 Å². The Morgan fingerprint density at radius 1 is 1.29 bits per heavy atom. The van der Waals surface area contributed by atoms with Gasteiger partial charge in [0.15, 0.2) is 0 Å². The first-order valence-electron chi connectivity index (χ1n) is 8.03. The molecule has 21 heavy (non-hydrogen) atoms. The third kappa shape index (κ3) is 3.41. The van der Waals surface area contributed by atoms with Gasteiger partial charge in [-0.05, 0) is 57.0 Å². The third-order valence-corrected chi connectivity index (χ3v) is 4.24. The second-order valence-electron chi connectivity index (χ2n) is 5.82. The lowest BCUT2D eigenvalue weighted by Crippen LogP contribution is -2.14. The van der Waals surface area contributed by atoms with Gasteiger partial charge in [-0.25, -0.2) is 0 Å². The monoisotopic (exact) mass is 288 g/mol. The van der Waals surface area contributed by atoms with Crippen LogP contribution in [0.4, 0.5) is 0 Å². The summed E-state index contributed by atoms with van der Waals surface area (Å²) in [6, 6.07) is 6.44. The number of aromatic nitrogens is 1. The van der Waals surface area contributed by atoms with Crippen molar-refractivity contribution in [3.05, 3.63) is 29.5 Å². The Hall–Kier alpha value is -1.48. The predicted molar refractivity (Wildman–Crippen MR) is 90.0 cm³/mol. The van der Waals surface area contributed by atoms with Crippen LogP contribution < -0.4 is 10.1 Å². The molecular formula is C18H28N2O. The molecule has 2 rings (SSSR count). The van der Waals surface area contributed by atoms with Gasteiger partial charge in [0.2, 0.25) is 0 Å². The smallest absolute Gasteiger partial charge is 0.120 e. The Kier molecular flexibility index (Phi) is 5.29. The van der Waals surface area contributed by atoms with Gasteiger partial charge in [0.05, 0.1) is 6.10 Å². The quantitative estimate of drug-likeness (QED) is 0.774. The van der Waals surface area contributed by atoms with Gasteiger partial charge in [0.1, 0.15) is 5.75 Å². The maximum Gasteiger partial charge on any atom is 0.120 e. The van der Waals surface area contributed by atoms with Gasteiger partial charge >= 0.3 is 0 Å². The van der Waals surface area contributed by atoms with E-state index in [1.165, 1.54) is 22.2 Å². The highest BCUT2D eigenvalue weighted by Crippen LogP contribution is 2.29. The standard InChI is InChI=1S/C18H28N2O/c1-6-10-19-12-17-14(4)20(5)18-9-8-15(11-16(17)18)21-13(3)7-2/h8-9,11,13,19H,6-7,10,12H2,1-5H3/t13-/m1/s1. The van der Waals surface area contributed by atoms with E-state index in [0.717, 1.165) is 31.7 Å². The molecule has 1 N–H and O–H groups in total. The van der Waals surface area contributed by atoms with Gasteiger partial charge in [-0.15, -0.1) is 0 Å². The molecule has 0 fully saturated rings. The van der Waals surface area contributed by atoms with Gasteiger partial charge in [0.25, 0.3) is 0 Å². The van der Waals surface area contributed by atoms with Crippen LogP contribution in [-0.4, -0.2) is 17.2 Å². The van der Waals surface area contributed by atoms with E-state index in [2.05, 4.69) is 62.8 Å². The van der Waals surface area contributed by atoms with Crippen LogP contribution >= 0.6 is 0 Å². The Bertz CT molecular complexity index is 601. The lowest BCUT2D eigenvalue weighted by molar-refractivity contribution is 0.217. The van der Waals surface area contributed by atoms with Crippen LogP contribution in [0.2, 0.25) is 0 Å². The van der Waals surface area contributed by atoms with Crippen LogP contribution in [0.3, 0.4) is 0 Å². The van der Waals surface area contributed by atoms with Crippen molar-refractivity contribution in [3.8, 4) is 5.75 Å². The summed E-state index contributed by atoms with van der Waals surface area (Å²) in [5.41, 5.74) is 3.99. The Morgan fingerprint density at radius 3 is 2.71 bits per heavy atom. The summed E-state index contributed by atoms with van der Waals surface area (Å²) in [5, 5.41) is 4.82. The van der Waals surface area contributed by atoms with Crippen molar-refractivity contribution in [1.82, 2.24) is 9.88 Å². The van der Waals surface area contributed by atoms with Crippen molar-refractivity contribution in [1.29, 1.82) is 0 Å². The zero-order valence-corrected chi connectivity index (χ0v) is 14.0. The minimum absolute atomic E-state index is 0.258. The second-order valence-corrected chi connectivity index (χ2v) is 5.82. The molecule has 1 aromatic carbocycles. The summed E-state index contributed by atoms with van der Waals surface area (Å²) in [5.74, 6) is 0.971. The van der Waals surface area contributed by atoms with Crippen molar-refractivity contribution in [2.45, 2.75) is 53.2 Å². The third-order valence-electron chi connectivity index (χ3n) is 4.24. The molecule has 3 nitrogen and oxygen atoms in total. The van der Waals surface area contributed by atoms with Crippen LogP contribution in [0.5, 0.6) is 5.75 Å². The first-order chi connectivity index (χ1) is 10.1. The minimum atomic E-state index is 0.258. The summed E-state index contributed by atoms with van der Waals surface area (Å²) in [7, 11) is 2.14. The van der Waals surface area contributed by atoms with Crippen molar-refractivity contribution < 1.29 is 4.74 Å². The number of nitrogens with one attached hydrogen (secondary N) is 1. The van der Waals surface area contributed by atoms with E-state index in [-0.39, 0.29) is 6.10 Å².